The van der Waals surface area contributed by atoms with Crippen molar-refractivity contribution in [1.82, 2.24) is 10.6 Å². The zero-order valence-corrected chi connectivity index (χ0v) is 4.42. The summed E-state index contributed by atoms with van der Waals surface area (Å²) in [4.78, 5) is 10.3. The number of nitrogens with zero attached hydrogens (tertiary/aromatic N) is 1. The maximum atomic E-state index is 10.3. The third-order valence-electron chi connectivity index (χ3n) is 1.10. The van der Waals surface area contributed by atoms with E-state index in [4.69, 9.17) is 5.73 Å². The van der Waals surface area contributed by atoms with E-state index >= 15 is 0 Å². The molecule has 1 rings (SSSR count). The van der Waals surface area contributed by atoms with Gasteiger partial charge in [-0.15, -0.1) is 0 Å². The lowest BCUT2D eigenvalue weighted by molar-refractivity contribution is -0.119. The van der Waals surface area contributed by atoms with E-state index in [-0.39, 0.29) is 11.9 Å². The second-order valence-electron chi connectivity index (χ2n) is 1.72. The van der Waals surface area contributed by atoms with Gasteiger partial charge in [-0.25, -0.2) is 5.32 Å². The van der Waals surface area contributed by atoms with Gasteiger partial charge in [-0.1, -0.05) is 0 Å². The molecule has 45 valence electrons. The highest BCUT2D eigenvalue weighted by Gasteiger charge is 2.18. The van der Waals surface area contributed by atoms with Crippen molar-refractivity contribution < 1.29 is 4.79 Å². The van der Waals surface area contributed by atoms with E-state index in [1.165, 1.54) is 0 Å². The number of primary amides is 1. The summed E-state index contributed by atoms with van der Waals surface area (Å²) in [6.07, 6.45) is 0. The van der Waals surface area contributed by atoms with Crippen molar-refractivity contribution in [3.8, 4) is 0 Å². The number of nitrogens with one attached hydrogen (secondary N) is 1. The molecule has 1 aliphatic rings. The summed E-state index contributed by atoms with van der Waals surface area (Å²) >= 11 is 0. The van der Waals surface area contributed by atoms with Crippen molar-refractivity contribution in [2.75, 3.05) is 13.2 Å². The molecule has 8 heavy (non-hydrogen) atoms. The number of carbonyl (C=O) groups is 1. The van der Waals surface area contributed by atoms with Gasteiger partial charge in [0.05, 0.1) is 6.67 Å². The van der Waals surface area contributed by atoms with Gasteiger partial charge in [-0.2, -0.15) is 0 Å². The molecule has 0 saturated carbocycles. The summed E-state index contributed by atoms with van der Waals surface area (Å²) in [6.45, 7) is 1.10. The summed E-state index contributed by atoms with van der Waals surface area (Å²) in [7, 11) is 0. The highest BCUT2D eigenvalue weighted by molar-refractivity contribution is 5.80. The van der Waals surface area contributed by atoms with Crippen molar-refractivity contribution in [3.63, 3.8) is 0 Å². The lowest BCUT2D eigenvalue weighted by Gasteiger charge is -1.99. The first-order valence-electron chi connectivity index (χ1n) is 2.46. The van der Waals surface area contributed by atoms with E-state index < -0.39 is 0 Å². The number of rotatable bonds is 1. The Hall–Kier alpha value is -0.610. The number of amides is 1. The number of carbonyl (C=O) groups excluding carboxylic acids is 1. The number of hydrogen-bond acceptors (Lipinski definition) is 2. The number of hydrogen-bond donors (Lipinski definition) is 2. The molecule has 4 nitrogen and oxygen atoms in total. The van der Waals surface area contributed by atoms with Crippen LogP contribution in [0, 0.1) is 0 Å². The Balaban J connectivity index is 2.35. The van der Waals surface area contributed by atoms with Crippen LogP contribution in [0.1, 0.15) is 0 Å². The van der Waals surface area contributed by atoms with Gasteiger partial charge < -0.3 is 5.73 Å². The second-order valence-corrected chi connectivity index (χ2v) is 1.72. The van der Waals surface area contributed by atoms with Gasteiger partial charge in [-0.3, -0.25) is 10.1 Å². The fourth-order valence-electron chi connectivity index (χ4n) is 0.624. The molecule has 1 aliphatic heterocycles. The molecule has 1 fully saturated rings. The van der Waals surface area contributed by atoms with Gasteiger partial charge in [-0.05, 0) is 0 Å². The van der Waals surface area contributed by atoms with Crippen LogP contribution in [0.2, 0.25) is 0 Å². The molecule has 0 aromatic rings. The molecule has 1 atom stereocenters. The molecule has 0 aromatic heterocycles. The van der Waals surface area contributed by atoms with E-state index in [9.17, 15) is 4.79 Å². The second kappa shape index (κ2) is 2.11. The van der Waals surface area contributed by atoms with Gasteiger partial charge in [0.2, 0.25) is 5.91 Å². The summed E-state index contributed by atoms with van der Waals surface area (Å²) in [5.41, 5.74) is 4.94. The molecule has 1 unspecified atom stereocenters. The lowest BCUT2D eigenvalue weighted by atomic mass is 10.3. The Labute approximate surface area is 47.4 Å². The van der Waals surface area contributed by atoms with Crippen LogP contribution in [0.3, 0.4) is 0 Å². The normalized spacial score (nSPS) is 28.2. The summed E-state index contributed by atoms with van der Waals surface area (Å²) in [6, 6.07) is -0.213. The first-order chi connectivity index (χ1) is 3.80. The average Bonchev–Trinajstić information content (AvgIpc) is 2.12. The molecule has 1 saturated heterocycles. The maximum absolute atomic E-state index is 10.3. The van der Waals surface area contributed by atoms with Crippen LogP contribution in [-0.4, -0.2) is 25.2 Å². The van der Waals surface area contributed by atoms with Crippen molar-refractivity contribution in [2.24, 2.45) is 5.73 Å². The lowest BCUT2D eigenvalue weighted by Crippen LogP contribution is -2.38. The van der Waals surface area contributed by atoms with Crippen LogP contribution in [-0.2, 0) is 4.79 Å². The smallest absolute Gasteiger partial charge is 0.235 e. The van der Waals surface area contributed by atoms with Gasteiger partial charge in [0.15, 0.2) is 0 Å². The Morgan fingerprint density at radius 3 is 2.88 bits per heavy atom. The maximum Gasteiger partial charge on any atom is 0.235 e. The molecule has 0 bridgehead atoms. The van der Waals surface area contributed by atoms with E-state index in [1.54, 1.807) is 0 Å². The van der Waals surface area contributed by atoms with Crippen molar-refractivity contribution >= 4 is 5.91 Å². The molecule has 1 amide bonds. The van der Waals surface area contributed by atoms with Gasteiger partial charge >= 0.3 is 0 Å². The molecule has 1 heterocycles. The van der Waals surface area contributed by atoms with Crippen LogP contribution in [0.4, 0.5) is 0 Å². The Kier molecular flexibility index (Phi) is 1.45. The van der Waals surface area contributed by atoms with E-state index in [0.717, 1.165) is 0 Å². The highest BCUT2D eigenvalue weighted by atomic mass is 16.1. The third-order valence-corrected chi connectivity index (χ3v) is 1.10. The average molecular weight is 114 g/mol. The molecule has 3 N–H and O–H groups in total. The molecule has 0 spiro atoms. The minimum Gasteiger partial charge on any atom is -0.368 e. The van der Waals surface area contributed by atoms with Crippen LogP contribution < -0.4 is 16.4 Å². The van der Waals surface area contributed by atoms with Gasteiger partial charge in [0.25, 0.3) is 0 Å². The molecular formula is C4H8N3O. The van der Waals surface area contributed by atoms with Crippen LogP contribution in [0.15, 0.2) is 0 Å². The SMILES string of the molecule is NC(=O)C1C[N]CN1. The van der Waals surface area contributed by atoms with E-state index in [0.29, 0.717) is 13.2 Å². The Morgan fingerprint density at radius 1 is 1.88 bits per heavy atom. The third kappa shape index (κ3) is 0.962. The zero-order chi connectivity index (χ0) is 5.98. The van der Waals surface area contributed by atoms with Crippen molar-refractivity contribution in [2.45, 2.75) is 6.04 Å². The fourth-order valence-corrected chi connectivity index (χ4v) is 0.624. The predicted octanol–water partition coefficient (Wildman–Crippen LogP) is -1.99. The Bertz CT molecular complexity index is 97.5. The fraction of sp³-hybridized carbons (Fsp3) is 0.750. The van der Waals surface area contributed by atoms with Gasteiger partial charge in [0, 0.05) is 6.54 Å². The zero-order valence-electron chi connectivity index (χ0n) is 4.42. The van der Waals surface area contributed by atoms with Crippen LogP contribution >= 0.6 is 0 Å². The monoisotopic (exact) mass is 114 g/mol. The van der Waals surface area contributed by atoms with E-state index in [1.807, 2.05) is 0 Å². The largest absolute Gasteiger partial charge is 0.368 e. The number of nitrogens with two attached hydrogens (primary N) is 1. The molecule has 1 radical (unpaired) electrons. The summed E-state index contributed by atoms with van der Waals surface area (Å²) < 4.78 is 0. The van der Waals surface area contributed by atoms with E-state index in [2.05, 4.69) is 10.6 Å². The minimum atomic E-state index is -0.314. The molecule has 0 aliphatic carbocycles. The Morgan fingerprint density at radius 2 is 2.62 bits per heavy atom. The van der Waals surface area contributed by atoms with Gasteiger partial charge in [0.1, 0.15) is 6.04 Å². The quantitative estimate of drug-likeness (QED) is 0.414. The summed E-state index contributed by atoms with van der Waals surface area (Å²) in [5, 5.41) is 6.69. The first kappa shape index (κ1) is 5.53. The standard InChI is InChI=1S/C4H8N3O/c5-4(8)3-1-6-2-7-3/h3,7H,1-2H2,(H2,5,8). The first-order valence-corrected chi connectivity index (χ1v) is 2.46. The summed E-state index contributed by atoms with van der Waals surface area (Å²) in [5.74, 6) is -0.314. The minimum absolute atomic E-state index is 0.213. The van der Waals surface area contributed by atoms with Crippen molar-refractivity contribution in [3.05, 3.63) is 0 Å². The molecule has 4 heteroatoms. The highest BCUT2D eigenvalue weighted by Crippen LogP contribution is 1.85. The predicted molar refractivity (Wildman–Crippen MR) is 28.0 cm³/mol. The van der Waals surface area contributed by atoms with Crippen molar-refractivity contribution in [1.29, 1.82) is 0 Å². The molecular weight excluding hydrogens is 106 g/mol. The van der Waals surface area contributed by atoms with Crippen LogP contribution in [0.25, 0.3) is 0 Å². The van der Waals surface area contributed by atoms with Crippen LogP contribution in [0.5, 0.6) is 0 Å². The topological polar surface area (TPSA) is 69.2 Å². The molecule has 0 aromatic carbocycles.